The highest BCUT2D eigenvalue weighted by atomic mass is 16.4. The van der Waals surface area contributed by atoms with E-state index in [-0.39, 0.29) is 18.2 Å². The van der Waals surface area contributed by atoms with E-state index in [4.69, 9.17) is 11.6 Å². The summed E-state index contributed by atoms with van der Waals surface area (Å²) in [5.74, 6) is 4.80. The number of carboxylic acids is 1. The smallest absolute Gasteiger partial charge is 0.304 e. The number of hydrazine groups is 1. The first-order valence-corrected chi connectivity index (χ1v) is 13.0. The molecule has 1 aliphatic rings. The van der Waals surface area contributed by atoms with Crippen LogP contribution in [0.1, 0.15) is 63.0 Å². The SMILES string of the molecule is C=CCc1ccc(C(=O)N2CCc3ccc(C(CC(=O)O)c4ccc(N(N)CC)c(N)c4C)cc3C2)cc1. The van der Waals surface area contributed by atoms with E-state index in [2.05, 4.69) is 18.7 Å². The molecule has 0 fully saturated rings. The summed E-state index contributed by atoms with van der Waals surface area (Å²) in [6.07, 6.45) is 3.29. The summed E-state index contributed by atoms with van der Waals surface area (Å²) in [5, 5.41) is 11.3. The van der Waals surface area contributed by atoms with Gasteiger partial charge < -0.3 is 20.7 Å². The predicted octanol–water partition coefficient (Wildman–Crippen LogP) is 4.81. The van der Waals surface area contributed by atoms with E-state index in [1.165, 1.54) is 5.56 Å². The number of allylic oxidation sites excluding steroid dienone is 1. The molecular formula is C31H36N4O3. The fourth-order valence-corrected chi connectivity index (χ4v) is 5.21. The topological polar surface area (TPSA) is 113 Å². The van der Waals surface area contributed by atoms with Gasteiger partial charge in [-0.2, -0.15) is 0 Å². The van der Waals surface area contributed by atoms with Crippen LogP contribution >= 0.6 is 0 Å². The van der Waals surface area contributed by atoms with Gasteiger partial charge in [0.05, 0.1) is 17.8 Å². The van der Waals surface area contributed by atoms with Gasteiger partial charge in [-0.1, -0.05) is 42.5 Å². The zero-order valence-electron chi connectivity index (χ0n) is 22.1. The molecule has 7 nitrogen and oxygen atoms in total. The minimum atomic E-state index is -0.888. The first kappa shape index (κ1) is 26.9. The van der Waals surface area contributed by atoms with Gasteiger partial charge >= 0.3 is 5.97 Å². The lowest BCUT2D eigenvalue weighted by Crippen LogP contribution is -2.36. The van der Waals surface area contributed by atoms with Gasteiger partial charge in [-0.3, -0.25) is 9.59 Å². The van der Waals surface area contributed by atoms with Gasteiger partial charge in [0.25, 0.3) is 5.91 Å². The molecule has 1 aliphatic heterocycles. The zero-order valence-corrected chi connectivity index (χ0v) is 22.1. The number of anilines is 2. The van der Waals surface area contributed by atoms with Gasteiger partial charge in [0, 0.05) is 31.1 Å². The summed E-state index contributed by atoms with van der Waals surface area (Å²) in [7, 11) is 0. The molecule has 4 rings (SSSR count). The number of rotatable bonds is 9. The third kappa shape index (κ3) is 5.58. The molecular weight excluding hydrogens is 476 g/mol. The standard InChI is InChI=1S/C31H36N4O3/c1-4-6-21-7-9-23(10-8-21)31(38)34-16-15-22-11-12-24(17-25(22)19-34)27(18-29(36)37)26-13-14-28(35(33)5-2)30(32)20(26)3/h4,7-14,17,27H,1,5-6,15-16,18-19,32-33H2,2-3H3,(H,36,37). The molecule has 1 unspecified atom stereocenters. The number of amides is 1. The number of carbonyl (C=O) groups is 2. The van der Waals surface area contributed by atoms with Crippen LogP contribution in [0.2, 0.25) is 0 Å². The molecule has 5 N–H and O–H groups in total. The van der Waals surface area contributed by atoms with Crippen molar-refractivity contribution < 1.29 is 14.7 Å². The minimum absolute atomic E-state index is 0.00485. The lowest BCUT2D eigenvalue weighted by molar-refractivity contribution is -0.137. The second-order valence-corrected chi connectivity index (χ2v) is 9.84. The van der Waals surface area contributed by atoms with Crippen LogP contribution in [0, 0.1) is 6.92 Å². The molecule has 3 aromatic carbocycles. The summed E-state index contributed by atoms with van der Waals surface area (Å²) in [5.41, 5.74) is 14.3. The first-order valence-electron chi connectivity index (χ1n) is 13.0. The fourth-order valence-electron chi connectivity index (χ4n) is 5.21. The van der Waals surface area contributed by atoms with Crippen molar-refractivity contribution >= 4 is 23.3 Å². The molecule has 1 amide bonds. The second kappa shape index (κ2) is 11.5. The Morgan fingerprint density at radius 2 is 1.87 bits per heavy atom. The van der Waals surface area contributed by atoms with Crippen LogP contribution < -0.4 is 16.6 Å². The highest BCUT2D eigenvalue weighted by Crippen LogP contribution is 2.37. The Morgan fingerprint density at radius 3 is 2.53 bits per heavy atom. The summed E-state index contributed by atoms with van der Waals surface area (Å²) in [6.45, 7) is 9.33. The zero-order chi connectivity index (χ0) is 27.4. The van der Waals surface area contributed by atoms with E-state index in [0.717, 1.165) is 46.3 Å². The summed E-state index contributed by atoms with van der Waals surface area (Å²) in [6, 6.07) is 17.6. The maximum absolute atomic E-state index is 13.3. The molecule has 0 aliphatic carbocycles. The lowest BCUT2D eigenvalue weighted by atomic mass is 9.83. The van der Waals surface area contributed by atoms with Gasteiger partial charge in [-0.05, 0) is 78.3 Å². The number of benzene rings is 3. The molecule has 38 heavy (non-hydrogen) atoms. The predicted molar refractivity (Wildman–Crippen MR) is 152 cm³/mol. The normalized spacial score (nSPS) is 13.5. The van der Waals surface area contributed by atoms with Crippen LogP contribution in [-0.2, 0) is 24.2 Å². The van der Waals surface area contributed by atoms with Crippen molar-refractivity contribution in [2.24, 2.45) is 5.84 Å². The van der Waals surface area contributed by atoms with Crippen molar-refractivity contribution in [1.29, 1.82) is 0 Å². The van der Waals surface area contributed by atoms with E-state index >= 15 is 0 Å². The molecule has 0 bridgehead atoms. The van der Waals surface area contributed by atoms with E-state index in [0.29, 0.717) is 30.9 Å². The molecule has 1 heterocycles. The van der Waals surface area contributed by atoms with Crippen LogP contribution in [-0.4, -0.2) is 35.0 Å². The third-order valence-electron chi connectivity index (χ3n) is 7.45. The summed E-state index contributed by atoms with van der Waals surface area (Å²) < 4.78 is 0. The van der Waals surface area contributed by atoms with Crippen LogP contribution in [0.5, 0.6) is 0 Å². The molecule has 0 saturated carbocycles. The van der Waals surface area contributed by atoms with Gasteiger partial charge in [0.15, 0.2) is 0 Å². The van der Waals surface area contributed by atoms with Gasteiger partial charge in [0.2, 0.25) is 0 Å². The van der Waals surface area contributed by atoms with Gasteiger partial charge in [0.1, 0.15) is 0 Å². The lowest BCUT2D eigenvalue weighted by Gasteiger charge is -2.30. The Bertz CT molecular complexity index is 1350. The Kier molecular flexibility index (Phi) is 8.17. The van der Waals surface area contributed by atoms with Crippen molar-refractivity contribution in [1.82, 2.24) is 4.90 Å². The quantitative estimate of drug-likeness (QED) is 0.164. The van der Waals surface area contributed by atoms with Crippen molar-refractivity contribution in [2.75, 3.05) is 23.8 Å². The maximum atomic E-state index is 13.3. The van der Waals surface area contributed by atoms with Crippen molar-refractivity contribution in [2.45, 2.75) is 45.6 Å². The van der Waals surface area contributed by atoms with Crippen molar-refractivity contribution in [3.05, 3.63) is 106 Å². The number of carbonyl (C=O) groups excluding carboxylic acids is 1. The minimum Gasteiger partial charge on any atom is -0.481 e. The molecule has 198 valence electrons. The Labute approximate surface area is 224 Å². The number of nitrogens with two attached hydrogens (primary N) is 2. The number of fused-ring (bicyclic) bond motifs is 1. The van der Waals surface area contributed by atoms with E-state index in [1.54, 1.807) is 5.01 Å². The van der Waals surface area contributed by atoms with Crippen LogP contribution in [0.4, 0.5) is 11.4 Å². The fraction of sp³-hybridized carbons (Fsp3) is 0.290. The number of aliphatic carboxylic acids is 1. The number of carboxylic acid groups (broad SMARTS) is 1. The molecule has 1 atom stereocenters. The number of hydrogen-bond acceptors (Lipinski definition) is 5. The highest BCUT2D eigenvalue weighted by molar-refractivity contribution is 5.94. The summed E-state index contributed by atoms with van der Waals surface area (Å²) >= 11 is 0. The number of nitrogen functional groups attached to an aromatic ring is 1. The largest absolute Gasteiger partial charge is 0.481 e. The second-order valence-electron chi connectivity index (χ2n) is 9.84. The van der Waals surface area contributed by atoms with Crippen molar-refractivity contribution in [3.63, 3.8) is 0 Å². The van der Waals surface area contributed by atoms with Crippen molar-refractivity contribution in [3.8, 4) is 0 Å². The van der Waals surface area contributed by atoms with Crippen LogP contribution in [0.3, 0.4) is 0 Å². The molecule has 0 aromatic heterocycles. The van der Waals surface area contributed by atoms with Crippen LogP contribution in [0.15, 0.2) is 67.3 Å². The molecule has 0 spiro atoms. The van der Waals surface area contributed by atoms with E-state index < -0.39 is 5.97 Å². The third-order valence-corrected chi connectivity index (χ3v) is 7.45. The molecule has 0 saturated heterocycles. The average Bonchev–Trinajstić information content (AvgIpc) is 2.92. The van der Waals surface area contributed by atoms with Crippen LogP contribution in [0.25, 0.3) is 0 Å². The Balaban J connectivity index is 1.64. The molecule has 3 aromatic rings. The van der Waals surface area contributed by atoms with Gasteiger partial charge in [-0.15, -0.1) is 6.58 Å². The first-order chi connectivity index (χ1) is 18.2. The Hall–Kier alpha value is -4.10. The van der Waals surface area contributed by atoms with E-state index in [9.17, 15) is 14.7 Å². The monoisotopic (exact) mass is 512 g/mol. The molecule has 7 heteroatoms. The number of hydrogen-bond donors (Lipinski definition) is 3. The molecule has 0 radical (unpaired) electrons. The highest BCUT2D eigenvalue weighted by Gasteiger charge is 2.26. The number of nitrogens with zero attached hydrogens (tertiary/aromatic N) is 2. The van der Waals surface area contributed by atoms with Gasteiger partial charge in [-0.25, -0.2) is 5.84 Å². The summed E-state index contributed by atoms with van der Waals surface area (Å²) in [4.78, 5) is 27.0. The maximum Gasteiger partial charge on any atom is 0.304 e. The average molecular weight is 513 g/mol. The van der Waals surface area contributed by atoms with E-state index in [1.807, 2.05) is 67.3 Å². The Morgan fingerprint density at radius 1 is 1.13 bits per heavy atom.